The van der Waals surface area contributed by atoms with Crippen LogP contribution in [0.4, 0.5) is 0 Å². The van der Waals surface area contributed by atoms with E-state index in [1.807, 2.05) is 18.2 Å². The first kappa shape index (κ1) is 27.8. The lowest BCUT2D eigenvalue weighted by Gasteiger charge is -2.21. The number of carbonyl (C=O) groups is 1. The average molecular weight is 543 g/mol. The van der Waals surface area contributed by atoms with Crippen molar-refractivity contribution in [1.29, 1.82) is 0 Å². The van der Waals surface area contributed by atoms with Crippen LogP contribution in [-0.2, 0) is 0 Å². The summed E-state index contributed by atoms with van der Waals surface area (Å²) < 4.78 is 12.3. The van der Waals surface area contributed by atoms with E-state index in [1.165, 1.54) is 89.0 Å². The van der Waals surface area contributed by atoms with E-state index in [4.69, 9.17) is 9.47 Å². The SMILES string of the molecule is CCCCCCCCCCCCOc1ccc(C(=O)Oc2ccc(C3CC[CH]CC3)cc2)cc1Br. The molecule has 0 heterocycles. The second kappa shape index (κ2) is 16.0. The monoisotopic (exact) mass is 541 g/mol. The Labute approximate surface area is 221 Å². The Morgan fingerprint density at radius 2 is 1.49 bits per heavy atom. The van der Waals surface area contributed by atoms with Gasteiger partial charge in [-0.3, -0.25) is 0 Å². The number of carbonyl (C=O) groups excluding carboxylic acids is 1. The molecule has 2 aromatic carbocycles. The summed E-state index contributed by atoms with van der Waals surface area (Å²) in [5.74, 6) is 1.62. The number of unbranched alkanes of at least 4 members (excludes halogenated alkanes) is 9. The molecule has 0 aromatic heterocycles. The molecule has 1 aliphatic carbocycles. The standard InChI is InChI=1S/C31H42BrO3/c1-2-3-4-5-6-7-8-9-10-14-23-34-30-22-19-27(24-29(30)32)31(33)35-28-20-17-26(18-21-28)25-15-12-11-13-16-25/h11,17-22,24-25H,2-10,12-16,23H2,1H3. The minimum atomic E-state index is -0.355. The van der Waals surface area contributed by atoms with E-state index in [2.05, 4.69) is 41.4 Å². The Morgan fingerprint density at radius 1 is 0.857 bits per heavy atom. The average Bonchev–Trinajstić information content (AvgIpc) is 2.89. The fraction of sp³-hybridized carbons (Fsp3) is 0.548. The van der Waals surface area contributed by atoms with Gasteiger partial charge in [0.2, 0.25) is 0 Å². The third-order valence-corrected chi connectivity index (χ3v) is 7.54. The van der Waals surface area contributed by atoms with E-state index in [0.717, 1.165) is 16.6 Å². The van der Waals surface area contributed by atoms with E-state index in [-0.39, 0.29) is 5.97 Å². The normalized spacial score (nSPS) is 14.1. The predicted molar refractivity (Wildman–Crippen MR) is 148 cm³/mol. The zero-order valence-corrected chi connectivity index (χ0v) is 23.0. The summed E-state index contributed by atoms with van der Waals surface area (Å²) in [7, 11) is 0. The van der Waals surface area contributed by atoms with Gasteiger partial charge >= 0.3 is 5.97 Å². The van der Waals surface area contributed by atoms with Crippen molar-refractivity contribution in [2.45, 2.75) is 103 Å². The van der Waals surface area contributed by atoms with Gasteiger partial charge in [-0.25, -0.2) is 4.79 Å². The maximum Gasteiger partial charge on any atom is 0.343 e. The molecular weight excluding hydrogens is 500 g/mol. The Kier molecular flexibility index (Phi) is 12.7. The van der Waals surface area contributed by atoms with Gasteiger partial charge in [0.1, 0.15) is 11.5 Å². The lowest BCUT2D eigenvalue weighted by atomic mass is 9.84. The van der Waals surface area contributed by atoms with Crippen molar-refractivity contribution in [3.8, 4) is 11.5 Å². The molecule has 1 fully saturated rings. The Hall–Kier alpha value is -1.81. The Morgan fingerprint density at radius 3 is 2.11 bits per heavy atom. The smallest absolute Gasteiger partial charge is 0.343 e. The van der Waals surface area contributed by atoms with Crippen LogP contribution in [0.5, 0.6) is 11.5 Å². The van der Waals surface area contributed by atoms with Crippen molar-refractivity contribution in [2.75, 3.05) is 6.61 Å². The molecule has 1 saturated carbocycles. The molecule has 2 aromatic rings. The summed E-state index contributed by atoms with van der Waals surface area (Å²) in [6, 6.07) is 13.4. The third-order valence-electron chi connectivity index (χ3n) is 6.92. The van der Waals surface area contributed by atoms with Crippen LogP contribution in [0.3, 0.4) is 0 Å². The topological polar surface area (TPSA) is 35.5 Å². The molecule has 0 unspecified atom stereocenters. The van der Waals surface area contributed by atoms with E-state index >= 15 is 0 Å². The first-order chi connectivity index (χ1) is 17.2. The predicted octanol–water partition coefficient (Wildman–Crippen LogP) is 9.83. The number of halogens is 1. The summed E-state index contributed by atoms with van der Waals surface area (Å²) in [4.78, 5) is 12.6. The summed E-state index contributed by atoms with van der Waals surface area (Å²) >= 11 is 3.55. The molecule has 0 spiro atoms. The largest absolute Gasteiger partial charge is 0.492 e. The molecule has 1 radical (unpaired) electrons. The minimum Gasteiger partial charge on any atom is -0.492 e. The fourth-order valence-electron chi connectivity index (χ4n) is 4.75. The van der Waals surface area contributed by atoms with E-state index < -0.39 is 0 Å². The molecular formula is C31H42BrO3. The second-order valence-corrected chi connectivity index (χ2v) is 10.6. The lowest BCUT2D eigenvalue weighted by molar-refractivity contribution is 0.0734. The first-order valence-corrected chi connectivity index (χ1v) is 14.5. The van der Waals surface area contributed by atoms with E-state index in [0.29, 0.717) is 23.8 Å². The Bertz CT molecular complexity index is 871. The lowest BCUT2D eigenvalue weighted by Crippen LogP contribution is -2.09. The summed E-state index contributed by atoms with van der Waals surface area (Å²) in [5.41, 5.74) is 1.85. The number of hydrogen-bond donors (Lipinski definition) is 0. The fourth-order valence-corrected chi connectivity index (χ4v) is 5.24. The molecule has 0 aliphatic heterocycles. The van der Waals surface area contributed by atoms with Crippen molar-refractivity contribution in [2.24, 2.45) is 0 Å². The van der Waals surface area contributed by atoms with E-state index in [1.54, 1.807) is 12.1 Å². The maximum absolute atomic E-state index is 12.6. The van der Waals surface area contributed by atoms with Gasteiger partial charge in [0.05, 0.1) is 16.6 Å². The molecule has 1 aliphatic rings. The summed E-state index contributed by atoms with van der Waals surface area (Å²) in [5, 5.41) is 0. The van der Waals surface area contributed by atoms with Crippen LogP contribution in [0, 0.1) is 6.42 Å². The van der Waals surface area contributed by atoms with Gasteiger partial charge in [-0.2, -0.15) is 0 Å². The van der Waals surface area contributed by atoms with Crippen LogP contribution in [-0.4, -0.2) is 12.6 Å². The van der Waals surface area contributed by atoms with Crippen molar-refractivity contribution < 1.29 is 14.3 Å². The number of benzene rings is 2. The van der Waals surface area contributed by atoms with Crippen molar-refractivity contribution >= 4 is 21.9 Å². The van der Waals surface area contributed by atoms with Crippen LogP contribution >= 0.6 is 15.9 Å². The molecule has 3 nitrogen and oxygen atoms in total. The number of esters is 1. The maximum atomic E-state index is 12.6. The highest BCUT2D eigenvalue weighted by atomic mass is 79.9. The molecule has 0 saturated heterocycles. The van der Waals surface area contributed by atoms with Crippen LogP contribution in [0.25, 0.3) is 0 Å². The number of hydrogen-bond acceptors (Lipinski definition) is 3. The zero-order chi connectivity index (χ0) is 24.7. The van der Waals surface area contributed by atoms with Gasteiger partial charge in [-0.05, 0) is 96.3 Å². The highest BCUT2D eigenvalue weighted by molar-refractivity contribution is 9.10. The summed E-state index contributed by atoms with van der Waals surface area (Å²) in [6.45, 7) is 2.96. The molecule has 0 N–H and O–H groups in total. The molecule has 4 heteroatoms. The Balaban J connectivity index is 1.35. The van der Waals surface area contributed by atoms with Gasteiger partial charge in [0, 0.05) is 0 Å². The van der Waals surface area contributed by atoms with Gasteiger partial charge in [0.25, 0.3) is 0 Å². The molecule has 35 heavy (non-hydrogen) atoms. The number of rotatable bonds is 15. The van der Waals surface area contributed by atoms with Crippen molar-refractivity contribution in [3.05, 3.63) is 64.5 Å². The van der Waals surface area contributed by atoms with Crippen LogP contribution in [0.1, 0.15) is 119 Å². The van der Waals surface area contributed by atoms with Crippen LogP contribution < -0.4 is 9.47 Å². The summed E-state index contributed by atoms with van der Waals surface area (Å²) in [6.07, 6.45) is 20.3. The molecule has 0 bridgehead atoms. The molecule has 0 atom stereocenters. The van der Waals surface area contributed by atoms with Crippen molar-refractivity contribution in [3.63, 3.8) is 0 Å². The highest BCUT2D eigenvalue weighted by Crippen LogP contribution is 2.33. The second-order valence-electron chi connectivity index (χ2n) is 9.77. The first-order valence-electron chi connectivity index (χ1n) is 13.7. The minimum absolute atomic E-state index is 0.355. The van der Waals surface area contributed by atoms with Gasteiger partial charge < -0.3 is 9.47 Å². The van der Waals surface area contributed by atoms with Gasteiger partial charge in [-0.1, -0.05) is 76.8 Å². The van der Waals surface area contributed by atoms with Crippen LogP contribution in [0.2, 0.25) is 0 Å². The van der Waals surface area contributed by atoms with Crippen molar-refractivity contribution in [1.82, 2.24) is 0 Å². The van der Waals surface area contributed by atoms with E-state index in [9.17, 15) is 4.79 Å². The number of ether oxygens (including phenoxy) is 2. The van der Waals surface area contributed by atoms with Gasteiger partial charge in [-0.15, -0.1) is 0 Å². The van der Waals surface area contributed by atoms with Gasteiger partial charge in [0.15, 0.2) is 0 Å². The quantitative estimate of drug-likeness (QED) is 0.128. The zero-order valence-electron chi connectivity index (χ0n) is 21.4. The molecule has 0 amide bonds. The molecule has 3 rings (SSSR count). The molecule has 191 valence electrons. The highest BCUT2D eigenvalue weighted by Gasteiger charge is 2.16. The van der Waals surface area contributed by atoms with Crippen LogP contribution in [0.15, 0.2) is 46.9 Å². The third kappa shape index (κ3) is 9.99.